The van der Waals surface area contributed by atoms with Crippen LogP contribution < -0.4 is 5.32 Å². The Hall–Kier alpha value is -2.63. The van der Waals surface area contributed by atoms with Crippen molar-refractivity contribution >= 4 is 17.5 Å². The maximum absolute atomic E-state index is 13.0. The minimum Gasteiger partial charge on any atom is -0.383 e. The highest BCUT2D eigenvalue weighted by Crippen LogP contribution is 2.45. The fourth-order valence-electron chi connectivity index (χ4n) is 3.55. The van der Waals surface area contributed by atoms with Gasteiger partial charge in [0, 0.05) is 5.56 Å². The van der Waals surface area contributed by atoms with Crippen LogP contribution in [0.25, 0.3) is 11.3 Å². The monoisotopic (exact) mass is 396 g/mol. The van der Waals surface area contributed by atoms with E-state index in [1.54, 1.807) is 19.1 Å². The number of benzene rings is 2. The summed E-state index contributed by atoms with van der Waals surface area (Å²) < 4.78 is 5.27. The zero-order valence-corrected chi connectivity index (χ0v) is 16.2. The van der Waals surface area contributed by atoms with Gasteiger partial charge in [0.15, 0.2) is 0 Å². The fourth-order valence-corrected chi connectivity index (χ4v) is 3.78. The predicted molar refractivity (Wildman–Crippen MR) is 107 cm³/mol. The molecule has 0 saturated heterocycles. The third-order valence-electron chi connectivity index (χ3n) is 5.26. The Bertz CT molecular complexity index is 998. The number of aryl methyl sites for hydroxylation is 1. The maximum Gasteiger partial charge on any atom is 0.257 e. The minimum absolute atomic E-state index is 0.118. The quantitative estimate of drug-likeness (QED) is 0.650. The van der Waals surface area contributed by atoms with Crippen LogP contribution in [-0.4, -0.2) is 22.7 Å². The molecule has 1 aliphatic carbocycles. The molecule has 1 amide bonds. The smallest absolute Gasteiger partial charge is 0.257 e. The molecule has 4 rings (SSSR count). The van der Waals surface area contributed by atoms with Crippen LogP contribution >= 0.6 is 11.6 Å². The highest BCUT2D eigenvalue weighted by Gasteiger charge is 2.45. The van der Waals surface area contributed by atoms with E-state index in [0.29, 0.717) is 27.6 Å². The fraction of sp³-hybridized carbons (Fsp3) is 0.273. The Morgan fingerprint density at radius 3 is 2.57 bits per heavy atom. The molecule has 3 aromatic rings. The van der Waals surface area contributed by atoms with Crippen molar-refractivity contribution < 1.29 is 14.4 Å². The lowest BCUT2D eigenvalue weighted by atomic mass is 9.88. The van der Waals surface area contributed by atoms with Crippen LogP contribution in [-0.2, 0) is 5.60 Å². The van der Waals surface area contributed by atoms with Crippen LogP contribution in [0.3, 0.4) is 0 Å². The van der Waals surface area contributed by atoms with Gasteiger partial charge in [-0.2, -0.15) is 0 Å². The number of carbonyl (C=O) groups is 1. The van der Waals surface area contributed by atoms with Gasteiger partial charge in [0.1, 0.15) is 22.6 Å². The molecule has 28 heavy (non-hydrogen) atoms. The molecule has 1 heterocycles. The zero-order chi connectivity index (χ0) is 19.7. The van der Waals surface area contributed by atoms with Gasteiger partial charge in [0.05, 0.1) is 11.6 Å². The Balaban J connectivity index is 1.60. The number of hydrogen-bond donors (Lipinski definition) is 2. The van der Waals surface area contributed by atoms with Gasteiger partial charge >= 0.3 is 0 Å². The molecule has 0 radical (unpaired) electrons. The van der Waals surface area contributed by atoms with E-state index in [2.05, 4.69) is 10.5 Å². The molecule has 0 bridgehead atoms. The summed E-state index contributed by atoms with van der Waals surface area (Å²) in [6, 6.07) is 16.7. The second-order valence-electron chi connectivity index (χ2n) is 7.19. The average Bonchev–Trinajstić information content (AvgIpc) is 3.50. The minimum atomic E-state index is -1.09. The van der Waals surface area contributed by atoms with E-state index in [-0.39, 0.29) is 18.4 Å². The van der Waals surface area contributed by atoms with E-state index in [0.717, 1.165) is 18.4 Å². The van der Waals surface area contributed by atoms with Crippen molar-refractivity contribution in [3.63, 3.8) is 0 Å². The number of nitrogens with zero attached hydrogens (tertiary/aromatic N) is 1. The molecule has 2 aromatic carbocycles. The first-order valence-electron chi connectivity index (χ1n) is 9.28. The van der Waals surface area contributed by atoms with Crippen LogP contribution in [0.4, 0.5) is 0 Å². The lowest BCUT2D eigenvalue weighted by molar-refractivity contribution is 0.0135. The lowest BCUT2D eigenvalue weighted by Crippen LogP contribution is -2.42. The van der Waals surface area contributed by atoms with Crippen LogP contribution in [0, 0.1) is 12.8 Å². The summed E-state index contributed by atoms with van der Waals surface area (Å²) in [6.45, 7) is 1.81. The predicted octanol–water partition coefficient (Wildman–Crippen LogP) is 4.33. The molecule has 2 N–H and O–H groups in total. The number of amides is 1. The Labute approximate surface area is 168 Å². The molecule has 1 saturated carbocycles. The van der Waals surface area contributed by atoms with E-state index >= 15 is 0 Å². The van der Waals surface area contributed by atoms with Crippen LogP contribution in [0.1, 0.15) is 34.5 Å². The normalized spacial score (nSPS) is 15.8. The van der Waals surface area contributed by atoms with Crippen molar-refractivity contribution in [2.45, 2.75) is 25.4 Å². The van der Waals surface area contributed by atoms with Crippen molar-refractivity contribution in [2.75, 3.05) is 6.54 Å². The zero-order valence-electron chi connectivity index (χ0n) is 15.5. The van der Waals surface area contributed by atoms with E-state index in [1.807, 2.05) is 42.5 Å². The summed E-state index contributed by atoms with van der Waals surface area (Å²) in [4.78, 5) is 13.0. The number of nitrogens with one attached hydrogen (secondary N) is 1. The highest BCUT2D eigenvalue weighted by atomic mass is 35.5. The van der Waals surface area contributed by atoms with Crippen molar-refractivity contribution in [3.05, 3.63) is 76.5 Å². The standard InChI is InChI=1S/C22H21ClN2O3/c1-14-19(20(25-28-14)17-9-5-6-10-18(17)23)21(26)24-13-22(27,16-11-12-16)15-7-3-2-4-8-15/h2-10,16,27H,11-13H2,1H3,(H,24,26)/t22-/m1/s1. The largest absolute Gasteiger partial charge is 0.383 e. The summed E-state index contributed by atoms with van der Waals surface area (Å²) in [5.74, 6) is 0.201. The average molecular weight is 397 g/mol. The van der Waals surface area contributed by atoms with E-state index < -0.39 is 5.60 Å². The van der Waals surface area contributed by atoms with Gasteiger partial charge in [-0.05, 0) is 37.3 Å². The number of aliphatic hydroxyl groups is 1. The molecule has 0 aliphatic heterocycles. The molecular formula is C22H21ClN2O3. The molecule has 6 heteroatoms. The Morgan fingerprint density at radius 2 is 1.89 bits per heavy atom. The van der Waals surface area contributed by atoms with Gasteiger partial charge in [0.2, 0.25) is 0 Å². The van der Waals surface area contributed by atoms with Gasteiger partial charge in [0.25, 0.3) is 5.91 Å². The topological polar surface area (TPSA) is 75.4 Å². The number of rotatable bonds is 6. The Kier molecular flexibility index (Phi) is 4.96. The van der Waals surface area contributed by atoms with Gasteiger partial charge in [-0.25, -0.2) is 0 Å². The Morgan fingerprint density at radius 1 is 1.21 bits per heavy atom. The second kappa shape index (κ2) is 7.41. The molecule has 1 aromatic heterocycles. The number of carbonyl (C=O) groups excluding carboxylic acids is 1. The lowest BCUT2D eigenvalue weighted by Gasteiger charge is -2.29. The molecule has 1 atom stereocenters. The number of halogens is 1. The van der Waals surface area contributed by atoms with Gasteiger partial charge < -0.3 is 14.9 Å². The van der Waals surface area contributed by atoms with Crippen molar-refractivity contribution in [3.8, 4) is 11.3 Å². The number of aromatic nitrogens is 1. The molecule has 144 valence electrons. The van der Waals surface area contributed by atoms with Crippen LogP contribution in [0.5, 0.6) is 0 Å². The molecule has 0 unspecified atom stereocenters. The summed E-state index contributed by atoms with van der Waals surface area (Å²) >= 11 is 6.27. The molecule has 1 aliphatic rings. The second-order valence-corrected chi connectivity index (χ2v) is 7.60. The van der Waals surface area contributed by atoms with Gasteiger partial charge in [-0.15, -0.1) is 0 Å². The SMILES string of the molecule is Cc1onc(-c2ccccc2Cl)c1C(=O)NC[C@@](O)(c1ccccc1)C1CC1. The summed E-state index contributed by atoms with van der Waals surface area (Å²) in [6.07, 6.45) is 1.89. The van der Waals surface area contributed by atoms with Crippen LogP contribution in [0.2, 0.25) is 5.02 Å². The highest BCUT2D eigenvalue weighted by molar-refractivity contribution is 6.33. The molecule has 0 spiro atoms. The van der Waals surface area contributed by atoms with Gasteiger partial charge in [-0.1, -0.05) is 65.3 Å². The molecule has 1 fully saturated rings. The van der Waals surface area contributed by atoms with E-state index in [1.165, 1.54) is 0 Å². The summed E-state index contributed by atoms with van der Waals surface area (Å²) in [5.41, 5.74) is 1.08. The summed E-state index contributed by atoms with van der Waals surface area (Å²) in [5, 5.41) is 18.7. The molecular weight excluding hydrogens is 376 g/mol. The first-order chi connectivity index (χ1) is 13.5. The maximum atomic E-state index is 13.0. The van der Waals surface area contributed by atoms with Crippen LogP contribution in [0.15, 0.2) is 59.1 Å². The van der Waals surface area contributed by atoms with Crippen molar-refractivity contribution in [1.82, 2.24) is 10.5 Å². The first-order valence-corrected chi connectivity index (χ1v) is 9.66. The number of hydrogen-bond acceptors (Lipinski definition) is 4. The van der Waals surface area contributed by atoms with Crippen molar-refractivity contribution in [2.24, 2.45) is 5.92 Å². The van der Waals surface area contributed by atoms with E-state index in [4.69, 9.17) is 16.1 Å². The third kappa shape index (κ3) is 3.43. The molecule has 5 nitrogen and oxygen atoms in total. The summed E-state index contributed by atoms with van der Waals surface area (Å²) in [7, 11) is 0. The third-order valence-corrected chi connectivity index (χ3v) is 5.59. The van der Waals surface area contributed by atoms with Crippen molar-refractivity contribution in [1.29, 1.82) is 0 Å². The van der Waals surface area contributed by atoms with E-state index in [9.17, 15) is 9.90 Å². The van der Waals surface area contributed by atoms with Gasteiger partial charge in [-0.3, -0.25) is 4.79 Å². The first kappa shape index (κ1) is 18.7.